The Morgan fingerprint density at radius 2 is 2.00 bits per heavy atom. The minimum atomic E-state index is 0.0695. The molecule has 1 heterocycles. The van der Waals surface area contributed by atoms with E-state index < -0.39 is 0 Å². The van der Waals surface area contributed by atoms with E-state index in [4.69, 9.17) is 10.00 Å². The van der Waals surface area contributed by atoms with Crippen molar-refractivity contribution in [3.63, 3.8) is 0 Å². The first-order chi connectivity index (χ1) is 9.28. The fourth-order valence-corrected chi connectivity index (χ4v) is 1.58. The maximum Gasteiger partial charge on any atom is 0.174 e. The quantitative estimate of drug-likeness (QED) is 0.890. The SMILES string of the molecule is Cc1ccc(CNc2ccc(OCC#N)cc2)nc1. The van der Waals surface area contributed by atoms with Crippen molar-refractivity contribution in [2.75, 3.05) is 11.9 Å². The molecule has 0 aliphatic heterocycles. The van der Waals surface area contributed by atoms with Gasteiger partial charge in [0.2, 0.25) is 0 Å². The number of nitriles is 1. The van der Waals surface area contributed by atoms with Crippen molar-refractivity contribution in [1.29, 1.82) is 5.26 Å². The summed E-state index contributed by atoms with van der Waals surface area (Å²) in [6, 6.07) is 13.5. The largest absolute Gasteiger partial charge is 0.479 e. The molecule has 4 heteroatoms. The summed E-state index contributed by atoms with van der Waals surface area (Å²) in [5.74, 6) is 0.695. The van der Waals surface area contributed by atoms with Crippen molar-refractivity contribution in [3.8, 4) is 11.8 Å². The van der Waals surface area contributed by atoms with Crippen molar-refractivity contribution in [2.45, 2.75) is 13.5 Å². The number of nitrogens with one attached hydrogen (secondary N) is 1. The average Bonchev–Trinajstić information content (AvgIpc) is 2.46. The van der Waals surface area contributed by atoms with Crippen molar-refractivity contribution in [1.82, 2.24) is 4.98 Å². The van der Waals surface area contributed by atoms with E-state index >= 15 is 0 Å². The Balaban J connectivity index is 1.89. The second-order valence-electron chi connectivity index (χ2n) is 4.15. The number of aryl methyl sites for hydroxylation is 1. The summed E-state index contributed by atoms with van der Waals surface area (Å²) in [6.07, 6.45) is 1.86. The van der Waals surface area contributed by atoms with Gasteiger partial charge in [-0.1, -0.05) is 6.07 Å². The molecule has 0 saturated heterocycles. The van der Waals surface area contributed by atoms with E-state index in [9.17, 15) is 0 Å². The predicted molar refractivity (Wildman–Crippen MR) is 73.9 cm³/mol. The van der Waals surface area contributed by atoms with Gasteiger partial charge < -0.3 is 10.1 Å². The average molecular weight is 253 g/mol. The molecule has 2 rings (SSSR count). The minimum absolute atomic E-state index is 0.0695. The Kier molecular flexibility index (Phi) is 4.35. The van der Waals surface area contributed by atoms with Crippen LogP contribution in [0.15, 0.2) is 42.6 Å². The van der Waals surface area contributed by atoms with Crippen LogP contribution >= 0.6 is 0 Å². The summed E-state index contributed by atoms with van der Waals surface area (Å²) < 4.78 is 5.18. The van der Waals surface area contributed by atoms with Crippen LogP contribution in [0.3, 0.4) is 0 Å². The first-order valence-electron chi connectivity index (χ1n) is 6.03. The highest BCUT2D eigenvalue weighted by molar-refractivity contribution is 5.46. The lowest BCUT2D eigenvalue weighted by Crippen LogP contribution is -2.01. The predicted octanol–water partition coefficient (Wildman–Crippen LogP) is 2.90. The van der Waals surface area contributed by atoms with E-state index in [0.717, 1.165) is 16.9 Å². The fourth-order valence-electron chi connectivity index (χ4n) is 1.58. The molecule has 0 spiro atoms. The first-order valence-corrected chi connectivity index (χ1v) is 6.03. The summed E-state index contributed by atoms with van der Waals surface area (Å²) in [6.45, 7) is 2.77. The molecule has 0 unspecified atom stereocenters. The van der Waals surface area contributed by atoms with E-state index in [1.54, 1.807) is 0 Å². The number of anilines is 1. The molecular weight excluding hydrogens is 238 g/mol. The molecule has 0 fully saturated rings. The third-order valence-electron chi connectivity index (χ3n) is 2.60. The smallest absolute Gasteiger partial charge is 0.174 e. The van der Waals surface area contributed by atoms with Gasteiger partial charge in [-0.05, 0) is 42.8 Å². The molecule has 0 aliphatic carbocycles. The lowest BCUT2D eigenvalue weighted by molar-refractivity contribution is 0.368. The first kappa shape index (κ1) is 12.9. The summed E-state index contributed by atoms with van der Waals surface area (Å²) in [4.78, 5) is 4.33. The van der Waals surface area contributed by atoms with Crippen molar-refractivity contribution in [2.24, 2.45) is 0 Å². The Hall–Kier alpha value is -2.54. The lowest BCUT2D eigenvalue weighted by Gasteiger charge is -2.07. The van der Waals surface area contributed by atoms with E-state index in [2.05, 4.69) is 10.3 Å². The second-order valence-corrected chi connectivity index (χ2v) is 4.15. The molecular formula is C15H15N3O. The number of pyridine rings is 1. The lowest BCUT2D eigenvalue weighted by atomic mass is 10.2. The summed E-state index contributed by atoms with van der Waals surface area (Å²) in [5, 5.41) is 11.7. The third kappa shape index (κ3) is 4.00. The molecule has 2 aromatic rings. The van der Waals surface area contributed by atoms with E-state index in [0.29, 0.717) is 12.3 Å². The van der Waals surface area contributed by atoms with Gasteiger partial charge in [-0.2, -0.15) is 5.26 Å². The molecule has 0 bridgehead atoms. The van der Waals surface area contributed by atoms with Gasteiger partial charge in [-0.3, -0.25) is 4.98 Å². The van der Waals surface area contributed by atoms with Crippen molar-refractivity contribution in [3.05, 3.63) is 53.9 Å². The normalized spacial score (nSPS) is 9.68. The molecule has 0 saturated carbocycles. The maximum atomic E-state index is 8.42. The van der Waals surface area contributed by atoms with Gasteiger partial charge in [0.1, 0.15) is 11.8 Å². The molecule has 4 nitrogen and oxygen atoms in total. The van der Waals surface area contributed by atoms with Crippen LogP contribution in [0, 0.1) is 18.3 Å². The Morgan fingerprint density at radius 3 is 2.63 bits per heavy atom. The van der Waals surface area contributed by atoms with Gasteiger partial charge in [-0.25, -0.2) is 0 Å². The maximum absolute atomic E-state index is 8.42. The zero-order chi connectivity index (χ0) is 13.5. The van der Waals surface area contributed by atoms with Crippen LogP contribution in [0.4, 0.5) is 5.69 Å². The topological polar surface area (TPSA) is 57.9 Å². The summed E-state index contributed by atoms with van der Waals surface area (Å²) in [5.41, 5.74) is 3.14. The number of ether oxygens (including phenoxy) is 1. The highest BCUT2D eigenvalue weighted by atomic mass is 16.5. The monoisotopic (exact) mass is 253 g/mol. The zero-order valence-electron chi connectivity index (χ0n) is 10.8. The Labute approximate surface area is 112 Å². The van der Waals surface area contributed by atoms with Crippen LogP contribution in [0.1, 0.15) is 11.3 Å². The third-order valence-corrected chi connectivity index (χ3v) is 2.60. The van der Waals surface area contributed by atoms with Crippen LogP contribution in [0.2, 0.25) is 0 Å². The van der Waals surface area contributed by atoms with Gasteiger partial charge in [0.25, 0.3) is 0 Å². The Morgan fingerprint density at radius 1 is 1.21 bits per heavy atom. The van der Waals surface area contributed by atoms with Gasteiger partial charge in [-0.15, -0.1) is 0 Å². The molecule has 1 aromatic heterocycles. The van der Waals surface area contributed by atoms with Crippen LogP contribution in [0.5, 0.6) is 5.75 Å². The van der Waals surface area contributed by atoms with Crippen LogP contribution < -0.4 is 10.1 Å². The number of aromatic nitrogens is 1. The fraction of sp³-hybridized carbons (Fsp3) is 0.200. The molecule has 0 aliphatic rings. The van der Waals surface area contributed by atoms with Gasteiger partial charge in [0.15, 0.2) is 6.61 Å². The van der Waals surface area contributed by atoms with Crippen LogP contribution in [-0.4, -0.2) is 11.6 Å². The van der Waals surface area contributed by atoms with E-state index in [-0.39, 0.29) is 6.61 Å². The number of benzene rings is 1. The number of nitrogens with zero attached hydrogens (tertiary/aromatic N) is 2. The second kappa shape index (κ2) is 6.41. The van der Waals surface area contributed by atoms with Crippen molar-refractivity contribution >= 4 is 5.69 Å². The van der Waals surface area contributed by atoms with Crippen LogP contribution in [-0.2, 0) is 6.54 Å². The molecule has 1 N–H and O–H groups in total. The van der Waals surface area contributed by atoms with E-state index in [1.165, 1.54) is 0 Å². The van der Waals surface area contributed by atoms with Crippen LogP contribution in [0.25, 0.3) is 0 Å². The van der Waals surface area contributed by atoms with Gasteiger partial charge >= 0.3 is 0 Å². The van der Waals surface area contributed by atoms with Gasteiger partial charge in [0.05, 0.1) is 12.2 Å². The standard InChI is InChI=1S/C15H15N3O/c1-12-2-3-14(17-10-12)11-18-13-4-6-15(7-5-13)19-9-8-16/h2-7,10,18H,9,11H2,1H3. The van der Waals surface area contributed by atoms with Gasteiger partial charge in [0, 0.05) is 11.9 Å². The Bertz CT molecular complexity index is 555. The molecule has 0 radical (unpaired) electrons. The van der Waals surface area contributed by atoms with Crippen molar-refractivity contribution < 1.29 is 4.74 Å². The number of hydrogen-bond donors (Lipinski definition) is 1. The molecule has 96 valence electrons. The summed E-state index contributed by atoms with van der Waals surface area (Å²) >= 11 is 0. The molecule has 0 amide bonds. The number of hydrogen-bond acceptors (Lipinski definition) is 4. The zero-order valence-corrected chi connectivity index (χ0v) is 10.8. The highest BCUT2D eigenvalue weighted by Gasteiger charge is 1.97. The summed E-state index contributed by atoms with van der Waals surface area (Å²) in [7, 11) is 0. The highest BCUT2D eigenvalue weighted by Crippen LogP contribution is 2.16. The van der Waals surface area contributed by atoms with E-state index in [1.807, 2.05) is 55.6 Å². The molecule has 1 aromatic carbocycles. The minimum Gasteiger partial charge on any atom is -0.479 e. The molecule has 19 heavy (non-hydrogen) atoms. The number of rotatable bonds is 5. The molecule has 0 atom stereocenters.